The summed E-state index contributed by atoms with van der Waals surface area (Å²) in [6.45, 7) is 3.86. The van der Waals surface area contributed by atoms with Crippen molar-refractivity contribution in [1.29, 1.82) is 0 Å². The molecule has 0 radical (unpaired) electrons. The summed E-state index contributed by atoms with van der Waals surface area (Å²) in [5.41, 5.74) is 2.42. The third-order valence-electron chi connectivity index (χ3n) is 3.15. The summed E-state index contributed by atoms with van der Waals surface area (Å²) in [4.78, 5) is 4.05. The number of methoxy groups -OCH3 is 1. The van der Waals surface area contributed by atoms with Crippen LogP contribution >= 0.6 is 0 Å². The van der Waals surface area contributed by atoms with Crippen LogP contribution in [0.2, 0.25) is 0 Å². The molecule has 4 nitrogen and oxygen atoms in total. The van der Waals surface area contributed by atoms with E-state index in [1.165, 1.54) is 5.56 Å². The quantitative estimate of drug-likeness (QED) is 0.830. The molecule has 1 unspecified atom stereocenters. The molecule has 102 valence electrons. The van der Waals surface area contributed by atoms with Gasteiger partial charge in [-0.15, -0.1) is 0 Å². The van der Waals surface area contributed by atoms with Crippen LogP contribution in [-0.4, -0.2) is 29.3 Å². The number of imidazole rings is 1. The lowest BCUT2D eigenvalue weighted by molar-refractivity contribution is 0.184. The molecule has 19 heavy (non-hydrogen) atoms. The van der Waals surface area contributed by atoms with Crippen LogP contribution in [0.15, 0.2) is 43.0 Å². The lowest BCUT2D eigenvalue weighted by atomic mass is 10.2. The molecule has 1 N–H and O–H groups in total. The second-order valence-corrected chi connectivity index (χ2v) is 4.70. The molecule has 1 atom stereocenters. The third-order valence-corrected chi connectivity index (χ3v) is 3.15. The number of nitrogens with one attached hydrogen (secondary N) is 1. The van der Waals surface area contributed by atoms with Crippen molar-refractivity contribution in [2.45, 2.75) is 25.9 Å². The van der Waals surface area contributed by atoms with Gasteiger partial charge in [-0.05, 0) is 31.0 Å². The summed E-state index contributed by atoms with van der Waals surface area (Å²) >= 11 is 0. The lowest BCUT2D eigenvalue weighted by Gasteiger charge is -2.13. The molecule has 2 aromatic rings. The molecule has 0 saturated heterocycles. The van der Waals surface area contributed by atoms with Gasteiger partial charge in [0.2, 0.25) is 0 Å². The van der Waals surface area contributed by atoms with Crippen LogP contribution in [0.25, 0.3) is 5.69 Å². The number of hydrogen-bond donors (Lipinski definition) is 1. The van der Waals surface area contributed by atoms with E-state index in [9.17, 15) is 0 Å². The molecule has 0 bridgehead atoms. The first-order valence-corrected chi connectivity index (χ1v) is 6.59. The standard InChI is InChI=1S/C15H21N3O/c1-13(7-10-19-2)17-11-14-3-5-15(6-4-14)18-9-8-16-12-18/h3-6,8-9,12-13,17H,7,10-11H2,1-2H3. The molecule has 0 amide bonds. The Balaban J connectivity index is 1.85. The van der Waals surface area contributed by atoms with Crippen molar-refractivity contribution in [3.8, 4) is 5.69 Å². The van der Waals surface area contributed by atoms with E-state index in [1.807, 2.05) is 10.8 Å². The minimum absolute atomic E-state index is 0.466. The van der Waals surface area contributed by atoms with Crippen molar-refractivity contribution in [1.82, 2.24) is 14.9 Å². The van der Waals surface area contributed by atoms with Crippen LogP contribution in [0, 0.1) is 0 Å². The highest BCUT2D eigenvalue weighted by atomic mass is 16.5. The van der Waals surface area contributed by atoms with Crippen molar-refractivity contribution < 1.29 is 4.74 Å². The van der Waals surface area contributed by atoms with Crippen LogP contribution in [0.1, 0.15) is 18.9 Å². The number of rotatable bonds is 7. The molecule has 0 fully saturated rings. The minimum Gasteiger partial charge on any atom is -0.385 e. The average Bonchev–Trinajstić information content (AvgIpc) is 2.97. The van der Waals surface area contributed by atoms with E-state index in [4.69, 9.17) is 4.74 Å². The van der Waals surface area contributed by atoms with Crippen LogP contribution in [0.3, 0.4) is 0 Å². The van der Waals surface area contributed by atoms with Crippen molar-refractivity contribution >= 4 is 0 Å². The fourth-order valence-electron chi connectivity index (χ4n) is 1.89. The molecule has 2 rings (SSSR count). The number of aromatic nitrogens is 2. The summed E-state index contributed by atoms with van der Waals surface area (Å²) in [5.74, 6) is 0. The highest BCUT2D eigenvalue weighted by Crippen LogP contribution is 2.09. The average molecular weight is 259 g/mol. The zero-order chi connectivity index (χ0) is 13.5. The molecule has 0 aliphatic heterocycles. The Morgan fingerprint density at radius 2 is 2.11 bits per heavy atom. The highest BCUT2D eigenvalue weighted by Gasteiger charge is 2.01. The first kappa shape index (κ1) is 13.8. The van der Waals surface area contributed by atoms with Crippen LogP contribution < -0.4 is 5.32 Å². The fourth-order valence-corrected chi connectivity index (χ4v) is 1.89. The lowest BCUT2D eigenvalue weighted by Crippen LogP contribution is -2.26. The van der Waals surface area contributed by atoms with Gasteiger partial charge in [-0.1, -0.05) is 12.1 Å². The topological polar surface area (TPSA) is 39.1 Å². The van der Waals surface area contributed by atoms with Gasteiger partial charge in [0.15, 0.2) is 0 Å². The normalized spacial score (nSPS) is 12.5. The molecule has 1 aromatic carbocycles. The zero-order valence-electron chi connectivity index (χ0n) is 11.5. The van der Waals surface area contributed by atoms with E-state index < -0.39 is 0 Å². The summed E-state index contributed by atoms with van der Waals surface area (Å²) < 4.78 is 7.07. The minimum atomic E-state index is 0.466. The van der Waals surface area contributed by atoms with Gasteiger partial charge in [0, 0.05) is 44.4 Å². The summed E-state index contributed by atoms with van der Waals surface area (Å²) in [6.07, 6.45) is 6.57. The largest absolute Gasteiger partial charge is 0.385 e. The number of nitrogens with zero attached hydrogens (tertiary/aromatic N) is 2. The summed E-state index contributed by atoms with van der Waals surface area (Å²) in [6, 6.07) is 8.97. The molecule has 0 spiro atoms. The van der Waals surface area contributed by atoms with E-state index in [-0.39, 0.29) is 0 Å². The molecule has 1 aromatic heterocycles. The van der Waals surface area contributed by atoms with E-state index in [1.54, 1.807) is 19.6 Å². The Kier molecular flexibility index (Phi) is 5.12. The van der Waals surface area contributed by atoms with E-state index in [0.29, 0.717) is 6.04 Å². The molecule has 1 heterocycles. The van der Waals surface area contributed by atoms with Crippen molar-refractivity contribution in [2.24, 2.45) is 0 Å². The Morgan fingerprint density at radius 3 is 2.74 bits per heavy atom. The van der Waals surface area contributed by atoms with Gasteiger partial charge in [0.25, 0.3) is 0 Å². The summed E-state index contributed by atoms with van der Waals surface area (Å²) in [5, 5.41) is 3.49. The Hall–Kier alpha value is -1.65. The van der Waals surface area contributed by atoms with Crippen molar-refractivity contribution in [2.75, 3.05) is 13.7 Å². The predicted molar refractivity (Wildman–Crippen MR) is 76.4 cm³/mol. The first-order valence-electron chi connectivity index (χ1n) is 6.59. The van der Waals surface area contributed by atoms with Crippen LogP contribution in [0.4, 0.5) is 0 Å². The number of benzene rings is 1. The second-order valence-electron chi connectivity index (χ2n) is 4.70. The summed E-state index contributed by atoms with van der Waals surface area (Å²) in [7, 11) is 1.74. The van der Waals surface area contributed by atoms with Gasteiger partial charge in [0.1, 0.15) is 0 Å². The van der Waals surface area contributed by atoms with Gasteiger partial charge in [-0.2, -0.15) is 0 Å². The maximum absolute atomic E-state index is 5.07. The van der Waals surface area contributed by atoms with E-state index in [2.05, 4.69) is 41.5 Å². The second kappa shape index (κ2) is 7.07. The van der Waals surface area contributed by atoms with Crippen molar-refractivity contribution in [3.63, 3.8) is 0 Å². The van der Waals surface area contributed by atoms with E-state index >= 15 is 0 Å². The van der Waals surface area contributed by atoms with E-state index in [0.717, 1.165) is 25.3 Å². The Morgan fingerprint density at radius 1 is 1.32 bits per heavy atom. The number of ether oxygens (including phenoxy) is 1. The molecule has 4 heteroatoms. The smallest absolute Gasteiger partial charge is 0.0991 e. The molecular formula is C15H21N3O. The molecular weight excluding hydrogens is 238 g/mol. The maximum atomic E-state index is 5.07. The predicted octanol–water partition coefficient (Wildman–Crippen LogP) is 2.39. The van der Waals surface area contributed by atoms with Gasteiger partial charge in [-0.25, -0.2) is 4.98 Å². The van der Waals surface area contributed by atoms with Gasteiger partial charge < -0.3 is 14.6 Å². The fraction of sp³-hybridized carbons (Fsp3) is 0.400. The molecule has 0 aliphatic carbocycles. The number of hydrogen-bond acceptors (Lipinski definition) is 3. The van der Waals surface area contributed by atoms with Crippen molar-refractivity contribution in [3.05, 3.63) is 48.5 Å². The van der Waals surface area contributed by atoms with Crippen LogP contribution in [-0.2, 0) is 11.3 Å². The maximum Gasteiger partial charge on any atom is 0.0991 e. The Bertz CT molecular complexity index is 465. The zero-order valence-corrected chi connectivity index (χ0v) is 11.5. The molecule has 0 saturated carbocycles. The Labute approximate surface area is 114 Å². The van der Waals surface area contributed by atoms with Gasteiger partial charge in [-0.3, -0.25) is 0 Å². The highest BCUT2D eigenvalue weighted by molar-refractivity contribution is 5.34. The monoisotopic (exact) mass is 259 g/mol. The third kappa shape index (κ3) is 4.19. The SMILES string of the molecule is COCCC(C)NCc1ccc(-n2ccnc2)cc1. The van der Waals surface area contributed by atoms with Gasteiger partial charge >= 0.3 is 0 Å². The molecule has 0 aliphatic rings. The first-order chi connectivity index (χ1) is 9.29. The van der Waals surface area contributed by atoms with Gasteiger partial charge in [0.05, 0.1) is 6.33 Å². The van der Waals surface area contributed by atoms with Crippen LogP contribution in [0.5, 0.6) is 0 Å².